The van der Waals surface area contributed by atoms with Gasteiger partial charge in [-0.15, -0.1) is 0 Å². The van der Waals surface area contributed by atoms with Crippen molar-refractivity contribution in [2.45, 2.75) is 0 Å². The lowest BCUT2D eigenvalue weighted by molar-refractivity contribution is 0.0558. The van der Waals surface area contributed by atoms with Gasteiger partial charge in [-0.3, -0.25) is 9.89 Å². The third kappa shape index (κ3) is 5.69. The van der Waals surface area contributed by atoms with Gasteiger partial charge in [0.2, 0.25) is 11.5 Å². The molecule has 0 atom stereocenters. The van der Waals surface area contributed by atoms with E-state index in [9.17, 15) is 14.4 Å². The number of carbonyl (C=O) groups is 3. The van der Waals surface area contributed by atoms with Crippen LogP contribution in [0.4, 0.5) is 0 Å². The lowest BCUT2D eigenvalue weighted by Crippen LogP contribution is -2.05. The van der Waals surface area contributed by atoms with Crippen LogP contribution in [0.2, 0.25) is 0 Å². The van der Waals surface area contributed by atoms with E-state index in [4.69, 9.17) is 8.83 Å². The average Bonchev–Trinajstić information content (AvgIpc) is 3.81. The molecular weight excluding hydrogens is 524 g/mol. The van der Waals surface area contributed by atoms with E-state index in [2.05, 4.69) is 19.7 Å². The van der Waals surface area contributed by atoms with E-state index >= 15 is 0 Å². The zero-order chi connectivity index (χ0) is 28.8. The van der Waals surface area contributed by atoms with Gasteiger partial charge in [0, 0.05) is 27.6 Å². The Morgan fingerprint density at radius 2 is 1.12 bits per heavy atom. The maximum absolute atomic E-state index is 13.6. The van der Waals surface area contributed by atoms with Crippen LogP contribution in [0.3, 0.4) is 0 Å². The van der Waals surface area contributed by atoms with Crippen LogP contribution >= 0.6 is 0 Å². The molecule has 0 amide bonds. The van der Waals surface area contributed by atoms with Crippen LogP contribution in [0.5, 0.6) is 0 Å². The van der Waals surface area contributed by atoms with Crippen molar-refractivity contribution < 1.29 is 32.7 Å². The van der Waals surface area contributed by atoms with Crippen molar-refractivity contribution in [1.29, 1.82) is 0 Å². The van der Waals surface area contributed by atoms with Gasteiger partial charge in [-0.2, -0.15) is 5.10 Å². The Morgan fingerprint density at radius 3 is 1.63 bits per heavy atom. The molecule has 9 nitrogen and oxygen atoms in total. The van der Waals surface area contributed by atoms with E-state index in [1.165, 1.54) is 26.4 Å². The number of nitrogens with one attached hydrogen (secondary N) is 1. The number of rotatable bonds is 6. The third-order valence-electron chi connectivity index (χ3n) is 6.21. The summed E-state index contributed by atoms with van der Waals surface area (Å²) < 4.78 is 20.6. The molecule has 3 heterocycles. The first-order valence-corrected chi connectivity index (χ1v) is 12.5. The monoisotopic (exact) mass is 548 g/mol. The standard InChI is InChI=1S/C25H18O7.C7H6N2/c1-29-24(27)21-13-11-19(31-21)15-7-3-5-9-17(15)23(26)18-10-6-4-8-16(18)20-12-14-22(32-20)25(28)30-2;1-2-4-7-6(3-1)5-8-9-7/h3-14H,1-2H3;1-5H,(H,8,9). The van der Waals surface area contributed by atoms with Crippen molar-refractivity contribution in [3.05, 3.63) is 126 Å². The first kappa shape index (κ1) is 26.9. The summed E-state index contributed by atoms with van der Waals surface area (Å²) in [6.45, 7) is 0. The van der Waals surface area contributed by atoms with Crippen LogP contribution in [0.25, 0.3) is 33.6 Å². The summed E-state index contributed by atoms with van der Waals surface area (Å²) in [5, 5.41) is 7.91. The summed E-state index contributed by atoms with van der Waals surface area (Å²) in [6, 6.07) is 28.1. The number of para-hydroxylation sites is 1. The Bertz CT molecular complexity index is 1710. The van der Waals surface area contributed by atoms with Crippen molar-refractivity contribution in [2.75, 3.05) is 14.2 Å². The second-order valence-electron chi connectivity index (χ2n) is 8.69. The Morgan fingerprint density at radius 1 is 0.634 bits per heavy atom. The van der Waals surface area contributed by atoms with E-state index in [0.717, 1.165) is 10.9 Å². The molecule has 0 aliphatic rings. The molecule has 6 rings (SSSR count). The summed E-state index contributed by atoms with van der Waals surface area (Å²) in [6.07, 6.45) is 1.81. The highest BCUT2D eigenvalue weighted by Gasteiger charge is 2.22. The molecule has 0 saturated heterocycles. The Labute approximate surface area is 234 Å². The second kappa shape index (κ2) is 12.0. The number of ketones is 1. The topological polar surface area (TPSA) is 125 Å². The predicted molar refractivity (Wildman–Crippen MR) is 150 cm³/mol. The highest BCUT2D eigenvalue weighted by molar-refractivity contribution is 6.15. The molecule has 0 aliphatic heterocycles. The molecule has 3 aromatic carbocycles. The molecule has 0 fully saturated rings. The predicted octanol–water partition coefficient (Wildman–Crippen LogP) is 6.57. The minimum Gasteiger partial charge on any atom is -0.463 e. The second-order valence-corrected chi connectivity index (χ2v) is 8.69. The normalized spacial score (nSPS) is 10.5. The minimum atomic E-state index is -0.607. The number of hydrogen-bond acceptors (Lipinski definition) is 8. The van der Waals surface area contributed by atoms with Crippen molar-refractivity contribution in [3.63, 3.8) is 0 Å². The van der Waals surface area contributed by atoms with Crippen LogP contribution in [0.15, 0.2) is 112 Å². The number of methoxy groups -OCH3 is 2. The smallest absolute Gasteiger partial charge is 0.373 e. The lowest BCUT2D eigenvalue weighted by Gasteiger charge is -2.10. The van der Waals surface area contributed by atoms with Gasteiger partial charge in [-0.25, -0.2) is 9.59 Å². The van der Waals surface area contributed by atoms with E-state index in [1.54, 1.807) is 60.7 Å². The number of aromatic nitrogens is 2. The molecule has 41 heavy (non-hydrogen) atoms. The van der Waals surface area contributed by atoms with Crippen LogP contribution in [-0.4, -0.2) is 42.1 Å². The third-order valence-corrected chi connectivity index (χ3v) is 6.21. The van der Waals surface area contributed by atoms with E-state index in [-0.39, 0.29) is 17.3 Å². The number of benzene rings is 3. The molecule has 0 spiro atoms. The van der Waals surface area contributed by atoms with Gasteiger partial charge in [0.1, 0.15) is 11.5 Å². The zero-order valence-corrected chi connectivity index (χ0v) is 22.1. The molecule has 204 valence electrons. The van der Waals surface area contributed by atoms with Gasteiger partial charge in [-0.05, 0) is 30.3 Å². The van der Waals surface area contributed by atoms with Gasteiger partial charge in [0.05, 0.1) is 25.9 Å². The zero-order valence-electron chi connectivity index (χ0n) is 22.1. The van der Waals surface area contributed by atoms with Gasteiger partial charge < -0.3 is 18.3 Å². The summed E-state index contributed by atoms with van der Waals surface area (Å²) in [7, 11) is 2.53. The van der Waals surface area contributed by atoms with Crippen molar-refractivity contribution in [2.24, 2.45) is 0 Å². The fourth-order valence-electron chi connectivity index (χ4n) is 4.21. The maximum Gasteiger partial charge on any atom is 0.373 e. The number of esters is 2. The van der Waals surface area contributed by atoms with Crippen LogP contribution in [-0.2, 0) is 9.47 Å². The number of carbonyl (C=O) groups excluding carboxylic acids is 3. The summed E-state index contributed by atoms with van der Waals surface area (Å²) in [5.41, 5.74) is 2.91. The number of nitrogens with zero attached hydrogens (tertiary/aromatic N) is 1. The molecule has 9 heteroatoms. The summed E-state index contributed by atoms with van der Waals surface area (Å²) in [5.74, 6) is -0.694. The SMILES string of the molecule is COC(=O)c1ccc(-c2ccccc2C(=O)c2ccccc2-c2ccc(C(=O)OC)o2)o1.c1ccc2[nH]ncc2c1. The van der Waals surface area contributed by atoms with E-state index in [0.29, 0.717) is 33.8 Å². The largest absolute Gasteiger partial charge is 0.463 e. The first-order chi connectivity index (χ1) is 20.0. The Balaban J connectivity index is 0.000000315. The van der Waals surface area contributed by atoms with E-state index < -0.39 is 11.9 Å². The molecule has 0 radical (unpaired) electrons. The lowest BCUT2D eigenvalue weighted by atomic mass is 9.93. The summed E-state index contributed by atoms with van der Waals surface area (Å²) >= 11 is 0. The van der Waals surface area contributed by atoms with Crippen molar-refractivity contribution >= 4 is 28.6 Å². The molecule has 6 aromatic rings. The van der Waals surface area contributed by atoms with Crippen LogP contribution in [0.1, 0.15) is 37.0 Å². The van der Waals surface area contributed by atoms with Gasteiger partial charge in [0.15, 0.2) is 5.78 Å². The number of hydrogen-bond donors (Lipinski definition) is 1. The van der Waals surface area contributed by atoms with Crippen LogP contribution < -0.4 is 0 Å². The van der Waals surface area contributed by atoms with Gasteiger partial charge >= 0.3 is 11.9 Å². The maximum atomic E-state index is 13.6. The Hall–Kier alpha value is -5.70. The number of furan rings is 2. The number of H-pyrrole nitrogens is 1. The molecule has 0 aliphatic carbocycles. The first-order valence-electron chi connectivity index (χ1n) is 12.5. The molecule has 0 unspecified atom stereocenters. The quantitative estimate of drug-likeness (QED) is 0.183. The highest BCUT2D eigenvalue weighted by atomic mass is 16.5. The fourth-order valence-corrected chi connectivity index (χ4v) is 4.21. The molecule has 0 bridgehead atoms. The van der Waals surface area contributed by atoms with Crippen molar-refractivity contribution in [1.82, 2.24) is 10.2 Å². The van der Waals surface area contributed by atoms with E-state index in [1.807, 2.05) is 30.5 Å². The number of aromatic amines is 1. The molecule has 1 N–H and O–H groups in total. The highest BCUT2D eigenvalue weighted by Crippen LogP contribution is 2.32. The number of ether oxygens (including phenoxy) is 2. The van der Waals surface area contributed by atoms with Crippen molar-refractivity contribution in [3.8, 4) is 22.6 Å². The summed E-state index contributed by atoms with van der Waals surface area (Å²) in [4.78, 5) is 37.1. The minimum absolute atomic E-state index is 0.0380. The van der Waals surface area contributed by atoms with Gasteiger partial charge in [0.25, 0.3) is 0 Å². The Kier molecular flexibility index (Phi) is 7.87. The fraction of sp³-hybridized carbons (Fsp3) is 0.0625. The molecular formula is C32H24N2O7. The number of fused-ring (bicyclic) bond motifs is 1. The average molecular weight is 549 g/mol. The molecule has 3 aromatic heterocycles. The molecule has 0 saturated carbocycles. The van der Waals surface area contributed by atoms with Crippen LogP contribution in [0, 0.1) is 0 Å². The van der Waals surface area contributed by atoms with Gasteiger partial charge in [-0.1, -0.05) is 66.7 Å².